The van der Waals surface area contributed by atoms with Crippen molar-refractivity contribution >= 4 is 12.0 Å². The Bertz CT molecular complexity index is 243. The molecule has 0 aliphatic rings. The fourth-order valence-electron chi connectivity index (χ4n) is 1.34. The SMILES string of the molecule is CON(C)C(=O)[C@H](COC(N)=O)CC(C)C. The number of nitrogens with two attached hydrogens (primary N) is 1. The number of hydrogen-bond acceptors (Lipinski definition) is 4. The predicted molar refractivity (Wildman–Crippen MR) is 58.3 cm³/mol. The Morgan fingerprint density at radius 1 is 1.38 bits per heavy atom. The molecule has 0 saturated heterocycles. The summed E-state index contributed by atoms with van der Waals surface area (Å²) in [6.45, 7) is 3.95. The van der Waals surface area contributed by atoms with Crippen molar-refractivity contribution in [1.29, 1.82) is 0 Å². The number of primary amides is 1. The van der Waals surface area contributed by atoms with E-state index in [1.54, 1.807) is 0 Å². The predicted octanol–water partition coefficient (Wildman–Crippen LogP) is 0.764. The third kappa shape index (κ3) is 5.55. The van der Waals surface area contributed by atoms with Crippen LogP contribution in [0.2, 0.25) is 0 Å². The van der Waals surface area contributed by atoms with Crippen molar-refractivity contribution in [3.8, 4) is 0 Å². The molecule has 0 aromatic carbocycles. The third-order valence-electron chi connectivity index (χ3n) is 2.12. The Hall–Kier alpha value is -1.30. The van der Waals surface area contributed by atoms with E-state index < -0.39 is 12.0 Å². The first kappa shape index (κ1) is 14.7. The summed E-state index contributed by atoms with van der Waals surface area (Å²) < 4.78 is 4.66. The van der Waals surface area contributed by atoms with Crippen molar-refractivity contribution in [2.24, 2.45) is 17.6 Å². The molecule has 0 aromatic rings. The number of hydroxylamine groups is 2. The van der Waals surface area contributed by atoms with Gasteiger partial charge >= 0.3 is 6.09 Å². The quantitative estimate of drug-likeness (QED) is 0.685. The molecule has 2 amide bonds. The minimum Gasteiger partial charge on any atom is -0.449 e. The second-order valence-electron chi connectivity index (χ2n) is 3.97. The first-order valence-electron chi connectivity index (χ1n) is 5.12. The van der Waals surface area contributed by atoms with Crippen molar-refractivity contribution in [2.75, 3.05) is 20.8 Å². The van der Waals surface area contributed by atoms with Gasteiger partial charge in [-0.2, -0.15) is 0 Å². The standard InChI is InChI=1S/C10H20N2O4/c1-7(2)5-8(6-16-10(11)14)9(13)12(3)15-4/h7-8H,5-6H2,1-4H3,(H2,11,14)/t8-/m0/s1. The highest BCUT2D eigenvalue weighted by Gasteiger charge is 2.24. The smallest absolute Gasteiger partial charge is 0.404 e. The zero-order valence-electron chi connectivity index (χ0n) is 10.2. The Labute approximate surface area is 95.6 Å². The van der Waals surface area contributed by atoms with Gasteiger partial charge < -0.3 is 10.5 Å². The van der Waals surface area contributed by atoms with Gasteiger partial charge in [-0.05, 0) is 12.3 Å². The largest absolute Gasteiger partial charge is 0.449 e. The van der Waals surface area contributed by atoms with Crippen LogP contribution in [0.25, 0.3) is 0 Å². The highest BCUT2D eigenvalue weighted by Crippen LogP contribution is 2.14. The Morgan fingerprint density at radius 3 is 2.31 bits per heavy atom. The summed E-state index contributed by atoms with van der Waals surface area (Å²) in [6, 6.07) is 0. The minimum atomic E-state index is -0.873. The van der Waals surface area contributed by atoms with Gasteiger partial charge in [-0.15, -0.1) is 0 Å². The fraction of sp³-hybridized carbons (Fsp3) is 0.800. The second kappa shape index (κ2) is 7.05. The molecule has 0 spiro atoms. The molecule has 0 aliphatic carbocycles. The lowest BCUT2D eigenvalue weighted by molar-refractivity contribution is -0.175. The van der Waals surface area contributed by atoms with E-state index in [0.29, 0.717) is 12.3 Å². The third-order valence-corrected chi connectivity index (χ3v) is 2.12. The maximum atomic E-state index is 11.8. The first-order valence-corrected chi connectivity index (χ1v) is 5.12. The van der Waals surface area contributed by atoms with Crippen LogP contribution in [0, 0.1) is 11.8 Å². The summed E-state index contributed by atoms with van der Waals surface area (Å²) in [5, 5.41) is 1.12. The van der Waals surface area contributed by atoms with Gasteiger partial charge in [0.15, 0.2) is 0 Å². The van der Waals surface area contributed by atoms with Crippen LogP contribution in [-0.2, 0) is 14.4 Å². The number of carbonyl (C=O) groups excluding carboxylic acids is 2. The van der Waals surface area contributed by atoms with Crippen LogP contribution in [0.1, 0.15) is 20.3 Å². The normalized spacial score (nSPS) is 12.3. The number of carbonyl (C=O) groups is 2. The molecule has 0 saturated carbocycles. The number of nitrogens with zero attached hydrogens (tertiary/aromatic N) is 1. The molecule has 6 heteroatoms. The van der Waals surface area contributed by atoms with E-state index in [1.807, 2.05) is 13.8 Å². The minimum absolute atomic E-state index is 0.0138. The molecule has 0 bridgehead atoms. The maximum Gasteiger partial charge on any atom is 0.404 e. The Kier molecular flexibility index (Phi) is 6.48. The van der Waals surface area contributed by atoms with Crippen LogP contribution in [0.15, 0.2) is 0 Å². The van der Waals surface area contributed by atoms with Crippen molar-refractivity contribution < 1.29 is 19.2 Å². The van der Waals surface area contributed by atoms with E-state index in [2.05, 4.69) is 4.74 Å². The van der Waals surface area contributed by atoms with Crippen LogP contribution in [0.4, 0.5) is 4.79 Å². The Balaban J connectivity index is 4.40. The van der Waals surface area contributed by atoms with E-state index in [9.17, 15) is 9.59 Å². The van der Waals surface area contributed by atoms with E-state index in [-0.39, 0.29) is 12.5 Å². The fourth-order valence-corrected chi connectivity index (χ4v) is 1.34. The first-order chi connectivity index (χ1) is 7.38. The monoisotopic (exact) mass is 232 g/mol. The molecule has 0 unspecified atom stereocenters. The zero-order chi connectivity index (χ0) is 12.7. The lowest BCUT2D eigenvalue weighted by Crippen LogP contribution is -2.36. The molecule has 1 atom stereocenters. The van der Waals surface area contributed by atoms with E-state index in [4.69, 9.17) is 10.6 Å². The molecule has 6 nitrogen and oxygen atoms in total. The van der Waals surface area contributed by atoms with Gasteiger partial charge in [-0.3, -0.25) is 9.63 Å². The van der Waals surface area contributed by atoms with Gasteiger partial charge in [0.25, 0.3) is 5.91 Å². The van der Waals surface area contributed by atoms with Crippen LogP contribution in [0.3, 0.4) is 0 Å². The maximum absolute atomic E-state index is 11.8. The number of amides is 2. The lowest BCUT2D eigenvalue weighted by atomic mass is 9.97. The van der Waals surface area contributed by atoms with Crippen LogP contribution >= 0.6 is 0 Å². The van der Waals surface area contributed by atoms with Crippen LogP contribution in [-0.4, -0.2) is 37.8 Å². The van der Waals surface area contributed by atoms with Gasteiger partial charge in [0, 0.05) is 7.05 Å². The van der Waals surface area contributed by atoms with Gasteiger partial charge in [0.1, 0.15) is 6.61 Å². The number of hydrogen-bond donors (Lipinski definition) is 1. The van der Waals surface area contributed by atoms with Crippen LogP contribution in [0.5, 0.6) is 0 Å². The van der Waals surface area contributed by atoms with Gasteiger partial charge in [0.05, 0.1) is 13.0 Å². The molecule has 0 aromatic heterocycles. The van der Waals surface area contributed by atoms with Crippen molar-refractivity contribution in [1.82, 2.24) is 5.06 Å². The molecule has 0 radical (unpaired) electrons. The second-order valence-corrected chi connectivity index (χ2v) is 3.97. The van der Waals surface area contributed by atoms with Crippen molar-refractivity contribution in [3.05, 3.63) is 0 Å². The average molecular weight is 232 g/mol. The topological polar surface area (TPSA) is 81.9 Å². The molecule has 94 valence electrons. The highest BCUT2D eigenvalue weighted by atomic mass is 16.7. The van der Waals surface area contributed by atoms with E-state index in [1.165, 1.54) is 14.2 Å². The highest BCUT2D eigenvalue weighted by molar-refractivity contribution is 5.78. The number of ether oxygens (including phenoxy) is 1. The van der Waals surface area contributed by atoms with Crippen molar-refractivity contribution in [2.45, 2.75) is 20.3 Å². The average Bonchev–Trinajstić information content (AvgIpc) is 2.21. The van der Waals surface area contributed by atoms with Crippen LogP contribution < -0.4 is 5.73 Å². The lowest BCUT2D eigenvalue weighted by Gasteiger charge is -2.22. The van der Waals surface area contributed by atoms with Gasteiger partial charge in [-0.25, -0.2) is 9.86 Å². The van der Waals surface area contributed by atoms with Crippen molar-refractivity contribution in [3.63, 3.8) is 0 Å². The van der Waals surface area contributed by atoms with E-state index in [0.717, 1.165) is 5.06 Å². The molecule has 0 aliphatic heterocycles. The summed E-state index contributed by atoms with van der Waals surface area (Å²) in [5.41, 5.74) is 4.86. The zero-order valence-corrected chi connectivity index (χ0v) is 10.2. The number of rotatable bonds is 6. The molecule has 0 rings (SSSR count). The summed E-state index contributed by atoms with van der Waals surface area (Å²) in [6.07, 6.45) is -0.263. The van der Waals surface area contributed by atoms with Gasteiger partial charge in [0.2, 0.25) is 0 Å². The molecular formula is C10H20N2O4. The Morgan fingerprint density at radius 2 is 1.94 bits per heavy atom. The summed E-state index contributed by atoms with van der Waals surface area (Å²) in [4.78, 5) is 27.1. The molecule has 16 heavy (non-hydrogen) atoms. The summed E-state index contributed by atoms with van der Waals surface area (Å²) in [5.74, 6) is -0.328. The molecular weight excluding hydrogens is 212 g/mol. The van der Waals surface area contributed by atoms with E-state index >= 15 is 0 Å². The molecule has 0 fully saturated rings. The summed E-state index contributed by atoms with van der Waals surface area (Å²) in [7, 11) is 2.92. The van der Waals surface area contributed by atoms with Gasteiger partial charge in [-0.1, -0.05) is 13.8 Å². The molecule has 2 N–H and O–H groups in total. The molecule has 0 heterocycles. The summed E-state index contributed by atoms with van der Waals surface area (Å²) >= 11 is 0.